The first-order valence-electron chi connectivity index (χ1n) is 6.40. The van der Waals surface area contributed by atoms with Gasteiger partial charge in [-0.1, -0.05) is 30.3 Å². The SMILES string of the molecule is CC(N)(C(=O)N1CCSCC1C(=O)O)c1ccccc1. The molecular formula is C14H18N2O3S. The van der Waals surface area contributed by atoms with Crippen LogP contribution in [0.1, 0.15) is 12.5 Å². The number of rotatable bonds is 3. The van der Waals surface area contributed by atoms with Gasteiger partial charge in [-0.2, -0.15) is 11.8 Å². The van der Waals surface area contributed by atoms with Crippen molar-refractivity contribution in [1.82, 2.24) is 4.90 Å². The summed E-state index contributed by atoms with van der Waals surface area (Å²) in [6.45, 7) is 2.05. The number of hydrogen-bond donors (Lipinski definition) is 2. The van der Waals surface area contributed by atoms with Crippen molar-refractivity contribution >= 4 is 23.6 Å². The number of aliphatic carboxylic acids is 1. The van der Waals surface area contributed by atoms with Gasteiger partial charge in [0.15, 0.2) is 0 Å². The van der Waals surface area contributed by atoms with Crippen LogP contribution < -0.4 is 5.73 Å². The summed E-state index contributed by atoms with van der Waals surface area (Å²) in [7, 11) is 0. The largest absolute Gasteiger partial charge is 0.480 e. The number of carboxylic acids is 1. The van der Waals surface area contributed by atoms with Gasteiger partial charge in [0.2, 0.25) is 5.91 Å². The van der Waals surface area contributed by atoms with E-state index < -0.39 is 17.6 Å². The van der Waals surface area contributed by atoms with Crippen molar-refractivity contribution in [2.45, 2.75) is 18.5 Å². The van der Waals surface area contributed by atoms with E-state index in [4.69, 9.17) is 5.73 Å². The second-order valence-corrected chi connectivity index (χ2v) is 6.15. The van der Waals surface area contributed by atoms with Crippen molar-refractivity contribution in [3.8, 4) is 0 Å². The first-order valence-corrected chi connectivity index (χ1v) is 7.56. The van der Waals surface area contributed by atoms with Gasteiger partial charge in [0, 0.05) is 18.1 Å². The molecule has 2 atom stereocenters. The van der Waals surface area contributed by atoms with Gasteiger partial charge in [-0.05, 0) is 12.5 Å². The van der Waals surface area contributed by atoms with Gasteiger partial charge in [-0.15, -0.1) is 0 Å². The highest BCUT2D eigenvalue weighted by Crippen LogP contribution is 2.25. The molecule has 0 spiro atoms. The normalized spacial score (nSPS) is 22.1. The van der Waals surface area contributed by atoms with Crippen molar-refractivity contribution in [2.75, 3.05) is 18.1 Å². The maximum Gasteiger partial charge on any atom is 0.327 e. The Morgan fingerprint density at radius 1 is 1.40 bits per heavy atom. The zero-order valence-electron chi connectivity index (χ0n) is 11.3. The molecule has 6 heteroatoms. The number of nitrogens with zero attached hydrogens (tertiary/aromatic N) is 1. The van der Waals surface area contributed by atoms with Crippen molar-refractivity contribution in [3.63, 3.8) is 0 Å². The number of thioether (sulfide) groups is 1. The van der Waals surface area contributed by atoms with Crippen molar-refractivity contribution in [1.29, 1.82) is 0 Å². The molecule has 0 saturated carbocycles. The average molecular weight is 294 g/mol. The van der Waals surface area contributed by atoms with E-state index in [9.17, 15) is 14.7 Å². The van der Waals surface area contributed by atoms with Crippen molar-refractivity contribution in [2.24, 2.45) is 5.73 Å². The average Bonchev–Trinajstić information content (AvgIpc) is 2.47. The Hall–Kier alpha value is -1.53. The van der Waals surface area contributed by atoms with E-state index in [1.54, 1.807) is 30.8 Å². The minimum atomic E-state index is -1.21. The van der Waals surface area contributed by atoms with Crippen LogP contribution in [0.5, 0.6) is 0 Å². The van der Waals surface area contributed by atoms with E-state index in [0.717, 1.165) is 5.75 Å². The van der Waals surface area contributed by atoms with Crippen LogP contribution in [0.3, 0.4) is 0 Å². The van der Waals surface area contributed by atoms with Crippen LogP contribution >= 0.6 is 11.8 Å². The molecule has 0 radical (unpaired) electrons. The molecule has 0 aromatic heterocycles. The van der Waals surface area contributed by atoms with Crippen LogP contribution in [-0.2, 0) is 15.1 Å². The summed E-state index contributed by atoms with van der Waals surface area (Å²) < 4.78 is 0. The smallest absolute Gasteiger partial charge is 0.327 e. The first-order chi connectivity index (χ1) is 9.44. The number of carbonyl (C=O) groups is 2. The van der Waals surface area contributed by atoms with Gasteiger partial charge in [-0.25, -0.2) is 4.79 Å². The number of hydrogen-bond acceptors (Lipinski definition) is 4. The highest BCUT2D eigenvalue weighted by atomic mass is 32.2. The van der Waals surface area contributed by atoms with Gasteiger partial charge < -0.3 is 15.7 Å². The molecule has 0 aliphatic carbocycles. The minimum absolute atomic E-state index is 0.337. The third-order valence-corrected chi connectivity index (χ3v) is 4.51. The molecule has 1 aliphatic rings. The lowest BCUT2D eigenvalue weighted by molar-refractivity contribution is -0.151. The molecular weight excluding hydrogens is 276 g/mol. The molecule has 1 heterocycles. The fraction of sp³-hybridized carbons (Fsp3) is 0.429. The zero-order valence-corrected chi connectivity index (χ0v) is 12.1. The second-order valence-electron chi connectivity index (χ2n) is 5.00. The van der Waals surface area contributed by atoms with Gasteiger partial charge in [0.05, 0.1) is 0 Å². The van der Waals surface area contributed by atoms with Gasteiger partial charge in [0.25, 0.3) is 0 Å². The molecule has 2 rings (SSSR count). The lowest BCUT2D eigenvalue weighted by Gasteiger charge is -2.38. The Bertz CT molecular complexity index is 504. The lowest BCUT2D eigenvalue weighted by atomic mass is 9.91. The predicted octanol–water partition coefficient (Wildman–Crippen LogP) is 0.889. The zero-order chi connectivity index (χ0) is 14.8. The number of carbonyl (C=O) groups excluding carboxylic acids is 1. The Morgan fingerprint density at radius 2 is 2.05 bits per heavy atom. The predicted molar refractivity (Wildman–Crippen MR) is 78.4 cm³/mol. The Balaban J connectivity index is 2.27. The molecule has 20 heavy (non-hydrogen) atoms. The van der Waals surface area contributed by atoms with Crippen LogP contribution in [0, 0.1) is 0 Å². The summed E-state index contributed by atoms with van der Waals surface area (Å²) in [5, 5.41) is 9.25. The van der Waals surface area contributed by atoms with E-state index in [2.05, 4.69) is 0 Å². The highest BCUT2D eigenvalue weighted by Gasteiger charge is 2.40. The summed E-state index contributed by atoms with van der Waals surface area (Å²) in [6.07, 6.45) is 0. The number of carboxylic acid groups (broad SMARTS) is 1. The number of amides is 1. The Morgan fingerprint density at radius 3 is 2.65 bits per heavy atom. The lowest BCUT2D eigenvalue weighted by Crippen LogP contribution is -2.58. The maximum absolute atomic E-state index is 12.7. The third kappa shape index (κ3) is 2.81. The number of benzene rings is 1. The molecule has 1 aromatic carbocycles. The maximum atomic E-state index is 12.7. The molecule has 1 saturated heterocycles. The standard InChI is InChI=1S/C14H18N2O3S/c1-14(15,10-5-3-2-4-6-10)13(19)16-7-8-20-9-11(16)12(17)18/h2-6,11H,7-9,15H2,1H3,(H,17,18). The summed E-state index contributed by atoms with van der Waals surface area (Å²) >= 11 is 1.54. The third-order valence-electron chi connectivity index (χ3n) is 3.49. The van der Waals surface area contributed by atoms with E-state index in [1.165, 1.54) is 4.90 Å². The molecule has 1 aliphatic heterocycles. The molecule has 1 fully saturated rings. The van der Waals surface area contributed by atoms with Crippen molar-refractivity contribution < 1.29 is 14.7 Å². The highest BCUT2D eigenvalue weighted by molar-refractivity contribution is 7.99. The van der Waals surface area contributed by atoms with Gasteiger partial charge in [-0.3, -0.25) is 4.79 Å². The summed E-state index contributed by atoms with van der Waals surface area (Å²) in [5.41, 5.74) is 5.66. The first kappa shape index (κ1) is 14.9. The van der Waals surface area contributed by atoms with Crippen LogP contribution in [-0.4, -0.2) is 46.0 Å². The Kier molecular flexibility index (Phi) is 4.35. The van der Waals surface area contributed by atoms with Crippen LogP contribution in [0.15, 0.2) is 30.3 Å². The van der Waals surface area contributed by atoms with Gasteiger partial charge >= 0.3 is 5.97 Å². The number of nitrogens with two attached hydrogens (primary N) is 1. The van der Waals surface area contributed by atoms with Crippen LogP contribution in [0.25, 0.3) is 0 Å². The van der Waals surface area contributed by atoms with Crippen molar-refractivity contribution in [3.05, 3.63) is 35.9 Å². The van der Waals surface area contributed by atoms with Gasteiger partial charge in [0.1, 0.15) is 11.6 Å². The van der Waals surface area contributed by atoms with E-state index in [0.29, 0.717) is 17.9 Å². The fourth-order valence-electron chi connectivity index (χ4n) is 2.26. The minimum Gasteiger partial charge on any atom is -0.480 e. The molecule has 2 unspecified atom stereocenters. The molecule has 3 N–H and O–H groups in total. The summed E-state index contributed by atoms with van der Waals surface area (Å²) in [4.78, 5) is 25.3. The van der Waals surface area contributed by atoms with Crippen LogP contribution in [0.4, 0.5) is 0 Å². The molecule has 1 aromatic rings. The van der Waals surface area contributed by atoms with Crippen LogP contribution in [0.2, 0.25) is 0 Å². The monoisotopic (exact) mass is 294 g/mol. The van der Waals surface area contributed by atoms with E-state index in [1.807, 2.05) is 18.2 Å². The molecule has 5 nitrogen and oxygen atoms in total. The summed E-state index contributed by atoms with van der Waals surface area (Å²) in [5.74, 6) is -0.169. The summed E-state index contributed by atoms with van der Waals surface area (Å²) in [6, 6.07) is 8.25. The molecule has 0 bridgehead atoms. The fourth-order valence-corrected chi connectivity index (χ4v) is 3.30. The topological polar surface area (TPSA) is 83.6 Å². The van der Waals surface area contributed by atoms with E-state index >= 15 is 0 Å². The Labute approximate surface area is 122 Å². The molecule has 108 valence electrons. The second kappa shape index (κ2) is 5.85. The molecule has 1 amide bonds. The quantitative estimate of drug-likeness (QED) is 0.865. The van der Waals surface area contributed by atoms with E-state index in [-0.39, 0.29) is 5.91 Å².